The van der Waals surface area contributed by atoms with E-state index in [0.717, 1.165) is 29.7 Å². The molecule has 29 heavy (non-hydrogen) atoms. The first-order valence-corrected chi connectivity index (χ1v) is 10.7. The number of thioether (sulfide) groups is 1. The van der Waals surface area contributed by atoms with Gasteiger partial charge in [-0.1, -0.05) is 36.4 Å². The average molecular weight is 410 g/mol. The third kappa shape index (κ3) is 4.45. The number of rotatable bonds is 5. The van der Waals surface area contributed by atoms with Gasteiger partial charge >= 0.3 is 5.97 Å². The van der Waals surface area contributed by atoms with Gasteiger partial charge in [0.25, 0.3) is 5.91 Å². The maximum Gasteiger partial charge on any atom is 0.326 e. The zero-order chi connectivity index (χ0) is 20.2. The maximum absolute atomic E-state index is 12.3. The number of nitrogens with zero attached hydrogens (tertiary/aromatic N) is 1. The molecule has 0 saturated heterocycles. The highest BCUT2D eigenvalue weighted by molar-refractivity contribution is 8.00. The second-order valence-corrected chi connectivity index (χ2v) is 8.13. The Bertz CT molecular complexity index is 946. The van der Waals surface area contributed by atoms with Gasteiger partial charge in [0, 0.05) is 4.90 Å². The fourth-order valence-electron chi connectivity index (χ4n) is 3.79. The summed E-state index contributed by atoms with van der Waals surface area (Å²) in [6.07, 6.45) is 2.89. The van der Waals surface area contributed by atoms with Crippen LogP contribution in [0.3, 0.4) is 0 Å². The number of fused-ring (bicyclic) bond motifs is 2. The molecule has 150 valence electrons. The van der Waals surface area contributed by atoms with Gasteiger partial charge in [0.2, 0.25) is 5.91 Å². The first kappa shape index (κ1) is 19.5. The number of carbonyl (C=O) groups is 3. The molecule has 2 aromatic rings. The van der Waals surface area contributed by atoms with Crippen LogP contribution in [-0.2, 0) is 25.5 Å². The van der Waals surface area contributed by atoms with Crippen LogP contribution in [-0.4, -0.2) is 36.7 Å². The van der Waals surface area contributed by atoms with Crippen LogP contribution in [0.15, 0.2) is 53.4 Å². The maximum atomic E-state index is 12.3. The van der Waals surface area contributed by atoms with E-state index in [9.17, 15) is 14.4 Å². The first-order valence-electron chi connectivity index (χ1n) is 9.67. The van der Waals surface area contributed by atoms with Gasteiger partial charge < -0.3 is 10.1 Å². The third-order valence-electron chi connectivity index (χ3n) is 5.16. The summed E-state index contributed by atoms with van der Waals surface area (Å²) in [7, 11) is 0. The molecular formula is C22H22N2O4S. The van der Waals surface area contributed by atoms with Crippen LogP contribution in [0.5, 0.6) is 0 Å². The minimum atomic E-state index is -0.598. The highest BCUT2D eigenvalue weighted by Crippen LogP contribution is 2.34. The Labute approximate surface area is 173 Å². The second-order valence-electron chi connectivity index (χ2n) is 7.11. The Hall–Kier alpha value is -2.80. The van der Waals surface area contributed by atoms with Crippen LogP contribution in [0.25, 0.3) is 0 Å². The molecule has 0 aromatic heterocycles. The number of para-hydroxylation sites is 1. The van der Waals surface area contributed by atoms with Gasteiger partial charge in [-0.25, -0.2) is 0 Å². The number of carbonyl (C=O) groups excluding carboxylic acids is 3. The number of hydrogen-bond donors (Lipinski definition) is 1. The number of hydrogen-bond acceptors (Lipinski definition) is 5. The van der Waals surface area contributed by atoms with Crippen LogP contribution in [0, 0.1) is 0 Å². The molecule has 1 aliphatic carbocycles. The first-order chi connectivity index (χ1) is 14.1. The lowest BCUT2D eigenvalue weighted by molar-refractivity contribution is -0.147. The lowest BCUT2D eigenvalue weighted by Gasteiger charge is -2.28. The van der Waals surface area contributed by atoms with Crippen molar-refractivity contribution in [2.75, 3.05) is 23.8 Å². The van der Waals surface area contributed by atoms with Crippen molar-refractivity contribution >= 4 is 35.2 Å². The minimum absolute atomic E-state index is 0.0567. The summed E-state index contributed by atoms with van der Waals surface area (Å²) in [4.78, 5) is 39.2. The van der Waals surface area contributed by atoms with Gasteiger partial charge in [-0.3, -0.25) is 19.3 Å². The van der Waals surface area contributed by atoms with Crippen molar-refractivity contribution < 1.29 is 19.1 Å². The van der Waals surface area contributed by atoms with Gasteiger partial charge in [-0.05, 0) is 42.5 Å². The molecule has 1 N–H and O–H groups in total. The van der Waals surface area contributed by atoms with E-state index in [0.29, 0.717) is 5.69 Å². The quantitative estimate of drug-likeness (QED) is 0.767. The monoisotopic (exact) mass is 410 g/mol. The molecule has 1 aliphatic heterocycles. The molecule has 0 spiro atoms. The normalized spacial score (nSPS) is 17.9. The number of ether oxygens (including phenoxy) is 1. The lowest BCUT2D eigenvalue weighted by atomic mass is 9.88. The summed E-state index contributed by atoms with van der Waals surface area (Å²) in [5.41, 5.74) is 3.08. The van der Waals surface area contributed by atoms with E-state index < -0.39 is 5.97 Å². The number of benzene rings is 2. The van der Waals surface area contributed by atoms with E-state index >= 15 is 0 Å². The standard InChI is InChI=1S/C22H22N2O4S/c25-20(23-17-9-5-7-15-6-1-2-8-16(15)17)13-28-22(27)12-24-18-10-3-4-11-19(18)29-14-21(24)26/h1-4,6,8,10-11,17H,5,7,9,12-14H2,(H,23,25)/t17-/m1/s1. The number of esters is 1. The van der Waals surface area contributed by atoms with Gasteiger partial charge in [0.1, 0.15) is 6.54 Å². The fourth-order valence-corrected chi connectivity index (χ4v) is 4.72. The summed E-state index contributed by atoms with van der Waals surface area (Å²) in [5, 5.41) is 2.96. The summed E-state index contributed by atoms with van der Waals surface area (Å²) >= 11 is 1.45. The number of anilines is 1. The smallest absolute Gasteiger partial charge is 0.326 e. The Morgan fingerprint density at radius 3 is 2.83 bits per heavy atom. The molecule has 2 aliphatic rings. The Morgan fingerprint density at radius 2 is 1.93 bits per heavy atom. The van der Waals surface area contributed by atoms with E-state index in [1.165, 1.54) is 22.2 Å². The predicted molar refractivity (Wildman–Crippen MR) is 111 cm³/mol. The zero-order valence-electron chi connectivity index (χ0n) is 15.9. The molecule has 4 rings (SSSR count). The molecule has 2 amide bonds. The number of aryl methyl sites for hydroxylation is 1. The molecule has 0 radical (unpaired) electrons. The molecule has 7 heteroatoms. The average Bonchev–Trinajstić information content (AvgIpc) is 2.75. The van der Waals surface area contributed by atoms with Crippen molar-refractivity contribution in [3.05, 3.63) is 59.7 Å². The van der Waals surface area contributed by atoms with E-state index in [-0.39, 0.29) is 36.8 Å². The Balaban J connectivity index is 1.31. The zero-order valence-corrected chi connectivity index (χ0v) is 16.7. The molecular weight excluding hydrogens is 388 g/mol. The van der Waals surface area contributed by atoms with Crippen molar-refractivity contribution in [3.63, 3.8) is 0 Å². The van der Waals surface area contributed by atoms with E-state index in [4.69, 9.17) is 4.74 Å². The molecule has 1 atom stereocenters. The summed E-state index contributed by atoms with van der Waals surface area (Å²) < 4.78 is 5.15. The van der Waals surface area contributed by atoms with Crippen LogP contribution in [0.2, 0.25) is 0 Å². The van der Waals surface area contributed by atoms with Gasteiger partial charge in [0.05, 0.1) is 17.5 Å². The van der Waals surface area contributed by atoms with Gasteiger partial charge in [-0.15, -0.1) is 11.8 Å². The van der Waals surface area contributed by atoms with Crippen molar-refractivity contribution in [3.8, 4) is 0 Å². The fraction of sp³-hybridized carbons (Fsp3) is 0.318. The van der Waals surface area contributed by atoms with Crippen LogP contribution < -0.4 is 10.2 Å². The SMILES string of the molecule is O=C(COC(=O)CN1C(=O)CSc2ccccc21)N[C@@H]1CCCc2ccccc21. The Morgan fingerprint density at radius 1 is 1.14 bits per heavy atom. The lowest BCUT2D eigenvalue weighted by Crippen LogP contribution is -2.41. The minimum Gasteiger partial charge on any atom is -0.454 e. The van der Waals surface area contributed by atoms with Gasteiger partial charge in [-0.2, -0.15) is 0 Å². The molecule has 0 unspecified atom stereocenters. The molecule has 0 bridgehead atoms. The number of nitrogens with one attached hydrogen (secondary N) is 1. The Kier molecular flexibility index (Phi) is 5.85. The van der Waals surface area contributed by atoms with Gasteiger partial charge in [0.15, 0.2) is 6.61 Å². The number of amides is 2. The van der Waals surface area contributed by atoms with E-state index in [1.54, 1.807) is 6.07 Å². The van der Waals surface area contributed by atoms with Crippen molar-refractivity contribution in [2.45, 2.75) is 30.2 Å². The van der Waals surface area contributed by atoms with E-state index in [2.05, 4.69) is 11.4 Å². The predicted octanol–water partition coefficient (Wildman–Crippen LogP) is 2.86. The summed E-state index contributed by atoms with van der Waals surface area (Å²) in [6, 6.07) is 15.5. The van der Waals surface area contributed by atoms with Crippen LogP contribution in [0.4, 0.5) is 5.69 Å². The van der Waals surface area contributed by atoms with Crippen molar-refractivity contribution in [1.82, 2.24) is 5.32 Å². The topological polar surface area (TPSA) is 75.7 Å². The molecule has 6 nitrogen and oxygen atoms in total. The van der Waals surface area contributed by atoms with Crippen LogP contribution >= 0.6 is 11.8 Å². The highest BCUT2D eigenvalue weighted by Gasteiger charge is 2.27. The molecule has 0 saturated carbocycles. The largest absolute Gasteiger partial charge is 0.454 e. The molecule has 1 heterocycles. The summed E-state index contributed by atoms with van der Waals surface area (Å²) in [5.74, 6) is -0.791. The second kappa shape index (κ2) is 8.69. The van der Waals surface area contributed by atoms with Crippen molar-refractivity contribution in [1.29, 1.82) is 0 Å². The molecule has 2 aromatic carbocycles. The van der Waals surface area contributed by atoms with E-state index in [1.807, 2.05) is 36.4 Å². The summed E-state index contributed by atoms with van der Waals surface area (Å²) in [6.45, 7) is -0.550. The third-order valence-corrected chi connectivity index (χ3v) is 6.21. The highest BCUT2D eigenvalue weighted by atomic mass is 32.2. The van der Waals surface area contributed by atoms with Crippen LogP contribution in [0.1, 0.15) is 30.0 Å². The molecule has 0 fully saturated rings. The van der Waals surface area contributed by atoms with Crippen molar-refractivity contribution in [2.24, 2.45) is 0 Å².